The first-order valence-electron chi connectivity index (χ1n) is 6.53. The highest BCUT2D eigenvalue weighted by Crippen LogP contribution is 2.23. The van der Waals surface area contributed by atoms with Crippen LogP contribution in [0.3, 0.4) is 0 Å². The Bertz CT molecular complexity index is 569. The Morgan fingerprint density at radius 2 is 1.80 bits per heavy atom. The molecule has 0 aliphatic carbocycles. The molecule has 106 valence electrons. The van der Waals surface area contributed by atoms with Crippen molar-refractivity contribution < 1.29 is 8.78 Å². The van der Waals surface area contributed by atoms with Crippen LogP contribution in [0.2, 0.25) is 5.02 Å². The molecule has 1 unspecified atom stereocenters. The van der Waals surface area contributed by atoms with Gasteiger partial charge in [-0.3, -0.25) is 0 Å². The van der Waals surface area contributed by atoms with Crippen LogP contribution in [0.4, 0.5) is 8.78 Å². The summed E-state index contributed by atoms with van der Waals surface area (Å²) in [4.78, 5) is 0. The fourth-order valence-electron chi connectivity index (χ4n) is 2.18. The molecule has 1 nitrogen and oxygen atoms in total. The van der Waals surface area contributed by atoms with Gasteiger partial charge < -0.3 is 5.32 Å². The van der Waals surface area contributed by atoms with E-state index in [1.165, 1.54) is 6.07 Å². The summed E-state index contributed by atoms with van der Waals surface area (Å²) in [5.41, 5.74) is 1.37. The van der Waals surface area contributed by atoms with Gasteiger partial charge in [0.15, 0.2) is 0 Å². The van der Waals surface area contributed by atoms with Crippen molar-refractivity contribution in [1.29, 1.82) is 0 Å². The summed E-state index contributed by atoms with van der Waals surface area (Å²) in [5.74, 6) is -0.827. The molecule has 0 heterocycles. The van der Waals surface area contributed by atoms with Crippen molar-refractivity contribution in [2.75, 3.05) is 6.54 Å². The van der Waals surface area contributed by atoms with Crippen LogP contribution in [-0.4, -0.2) is 6.54 Å². The number of benzene rings is 2. The Morgan fingerprint density at radius 3 is 2.45 bits per heavy atom. The zero-order chi connectivity index (χ0) is 14.5. The molecule has 2 aromatic carbocycles. The van der Waals surface area contributed by atoms with Gasteiger partial charge in [0, 0.05) is 16.6 Å². The molecule has 0 radical (unpaired) electrons. The molecule has 0 aromatic heterocycles. The highest BCUT2D eigenvalue weighted by molar-refractivity contribution is 6.30. The summed E-state index contributed by atoms with van der Waals surface area (Å²) in [6, 6.07) is 10.6. The quantitative estimate of drug-likeness (QED) is 0.855. The molecule has 20 heavy (non-hydrogen) atoms. The third kappa shape index (κ3) is 3.78. The third-order valence-corrected chi connectivity index (χ3v) is 3.39. The molecule has 1 atom stereocenters. The fourth-order valence-corrected chi connectivity index (χ4v) is 2.30. The van der Waals surface area contributed by atoms with E-state index in [-0.39, 0.29) is 6.04 Å². The lowest BCUT2D eigenvalue weighted by atomic mass is 9.98. The van der Waals surface area contributed by atoms with Gasteiger partial charge in [0.05, 0.1) is 0 Å². The van der Waals surface area contributed by atoms with Gasteiger partial charge in [0.25, 0.3) is 0 Å². The fraction of sp³-hybridized carbons (Fsp3) is 0.250. The van der Waals surface area contributed by atoms with Gasteiger partial charge in [0.2, 0.25) is 0 Å². The summed E-state index contributed by atoms with van der Waals surface area (Å²) in [5, 5.41) is 3.85. The molecule has 0 saturated heterocycles. The van der Waals surface area contributed by atoms with Crippen LogP contribution in [0, 0.1) is 11.6 Å². The highest BCUT2D eigenvalue weighted by Gasteiger charge is 2.16. The Balaban J connectivity index is 2.26. The standard InChI is InChI=1S/C16H16ClF2N/c1-2-20-16(9-11-3-5-12(17)6-4-11)14-10-13(18)7-8-15(14)19/h3-8,10,16,20H,2,9H2,1H3. The van der Waals surface area contributed by atoms with Gasteiger partial charge in [-0.2, -0.15) is 0 Å². The molecule has 0 spiro atoms. The van der Waals surface area contributed by atoms with E-state index in [9.17, 15) is 8.78 Å². The summed E-state index contributed by atoms with van der Waals surface area (Å²) in [6.45, 7) is 2.61. The van der Waals surface area contributed by atoms with E-state index in [4.69, 9.17) is 11.6 Å². The van der Waals surface area contributed by atoms with Crippen molar-refractivity contribution in [3.63, 3.8) is 0 Å². The van der Waals surface area contributed by atoms with Crippen molar-refractivity contribution in [2.45, 2.75) is 19.4 Å². The van der Waals surface area contributed by atoms with E-state index in [1.54, 1.807) is 12.1 Å². The van der Waals surface area contributed by atoms with E-state index in [0.717, 1.165) is 17.7 Å². The lowest BCUT2D eigenvalue weighted by molar-refractivity contribution is 0.502. The second-order valence-corrected chi connectivity index (χ2v) is 5.04. The molecular weight excluding hydrogens is 280 g/mol. The molecule has 0 bridgehead atoms. The van der Waals surface area contributed by atoms with Crippen LogP contribution in [0.25, 0.3) is 0 Å². The number of nitrogens with one attached hydrogen (secondary N) is 1. The van der Waals surface area contributed by atoms with Gasteiger partial charge in [-0.05, 0) is 48.9 Å². The normalized spacial score (nSPS) is 12.4. The van der Waals surface area contributed by atoms with Crippen molar-refractivity contribution in [1.82, 2.24) is 5.32 Å². The van der Waals surface area contributed by atoms with Crippen LogP contribution in [0.1, 0.15) is 24.1 Å². The van der Waals surface area contributed by atoms with Crippen molar-refractivity contribution in [3.8, 4) is 0 Å². The van der Waals surface area contributed by atoms with Crippen LogP contribution < -0.4 is 5.32 Å². The van der Waals surface area contributed by atoms with E-state index in [2.05, 4.69) is 5.32 Å². The monoisotopic (exact) mass is 295 g/mol. The zero-order valence-corrected chi connectivity index (χ0v) is 11.9. The van der Waals surface area contributed by atoms with Crippen molar-refractivity contribution in [3.05, 3.63) is 70.2 Å². The largest absolute Gasteiger partial charge is 0.310 e. The van der Waals surface area contributed by atoms with Gasteiger partial charge in [0.1, 0.15) is 11.6 Å². The predicted octanol–water partition coefficient (Wildman–Crippen LogP) is 4.51. The van der Waals surface area contributed by atoms with E-state index >= 15 is 0 Å². The van der Waals surface area contributed by atoms with E-state index in [0.29, 0.717) is 23.6 Å². The summed E-state index contributed by atoms with van der Waals surface area (Å²) < 4.78 is 27.2. The van der Waals surface area contributed by atoms with Crippen LogP contribution in [-0.2, 0) is 6.42 Å². The molecular formula is C16H16ClF2N. The topological polar surface area (TPSA) is 12.0 Å². The van der Waals surface area contributed by atoms with E-state index in [1.807, 2.05) is 19.1 Å². The Hall–Kier alpha value is -1.45. The van der Waals surface area contributed by atoms with Gasteiger partial charge in [-0.25, -0.2) is 8.78 Å². The number of hydrogen-bond donors (Lipinski definition) is 1. The predicted molar refractivity (Wildman–Crippen MR) is 77.9 cm³/mol. The minimum Gasteiger partial charge on any atom is -0.310 e. The smallest absolute Gasteiger partial charge is 0.128 e. The molecule has 0 aliphatic rings. The Labute approximate surface area is 122 Å². The van der Waals surface area contributed by atoms with Gasteiger partial charge >= 0.3 is 0 Å². The molecule has 0 amide bonds. The minimum atomic E-state index is -0.430. The Morgan fingerprint density at radius 1 is 1.10 bits per heavy atom. The number of likely N-dealkylation sites (N-methyl/N-ethyl adjacent to an activating group) is 1. The van der Waals surface area contributed by atoms with Crippen LogP contribution in [0.5, 0.6) is 0 Å². The second-order valence-electron chi connectivity index (χ2n) is 4.61. The molecule has 1 N–H and O–H groups in total. The zero-order valence-electron chi connectivity index (χ0n) is 11.2. The van der Waals surface area contributed by atoms with Crippen molar-refractivity contribution >= 4 is 11.6 Å². The first-order chi connectivity index (χ1) is 9.60. The maximum absolute atomic E-state index is 13.9. The van der Waals surface area contributed by atoms with E-state index < -0.39 is 11.6 Å². The molecule has 2 rings (SSSR count). The average molecular weight is 296 g/mol. The first kappa shape index (κ1) is 14.9. The van der Waals surface area contributed by atoms with Crippen LogP contribution >= 0.6 is 11.6 Å². The summed E-state index contributed by atoms with van der Waals surface area (Å²) >= 11 is 5.85. The lowest BCUT2D eigenvalue weighted by Gasteiger charge is -2.19. The average Bonchev–Trinajstić information content (AvgIpc) is 2.43. The first-order valence-corrected chi connectivity index (χ1v) is 6.90. The maximum Gasteiger partial charge on any atom is 0.128 e. The maximum atomic E-state index is 13.9. The number of hydrogen-bond acceptors (Lipinski definition) is 1. The molecule has 4 heteroatoms. The van der Waals surface area contributed by atoms with Gasteiger partial charge in [-0.15, -0.1) is 0 Å². The molecule has 2 aromatic rings. The molecule has 0 aliphatic heterocycles. The second kappa shape index (κ2) is 6.82. The molecule has 0 fully saturated rings. The molecule has 0 saturated carbocycles. The van der Waals surface area contributed by atoms with Gasteiger partial charge in [-0.1, -0.05) is 30.7 Å². The summed E-state index contributed by atoms with van der Waals surface area (Å²) in [6.07, 6.45) is 0.575. The Kier molecular flexibility index (Phi) is 5.10. The van der Waals surface area contributed by atoms with Crippen LogP contribution in [0.15, 0.2) is 42.5 Å². The minimum absolute atomic E-state index is 0.267. The highest BCUT2D eigenvalue weighted by atomic mass is 35.5. The third-order valence-electron chi connectivity index (χ3n) is 3.14. The summed E-state index contributed by atoms with van der Waals surface area (Å²) in [7, 11) is 0. The lowest BCUT2D eigenvalue weighted by Crippen LogP contribution is -2.24. The SMILES string of the molecule is CCNC(Cc1ccc(Cl)cc1)c1cc(F)ccc1F. The number of rotatable bonds is 5. The number of halogens is 3. The van der Waals surface area contributed by atoms with Crippen molar-refractivity contribution in [2.24, 2.45) is 0 Å².